The van der Waals surface area contributed by atoms with E-state index < -0.39 is 12.6 Å². The molecule has 1 aromatic rings. The molecule has 0 aromatic heterocycles. The average molecular weight is 248 g/mol. The van der Waals surface area contributed by atoms with Gasteiger partial charge in [0.1, 0.15) is 0 Å². The van der Waals surface area contributed by atoms with Crippen LogP contribution < -0.4 is 0 Å². The zero-order valence-electron chi connectivity index (χ0n) is 7.48. The highest BCUT2D eigenvalue weighted by atomic mass is 35.5. The van der Waals surface area contributed by atoms with Crippen LogP contribution in [0.5, 0.6) is 0 Å². The number of rotatable bonds is 4. The molecule has 0 heterocycles. The fourth-order valence-electron chi connectivity index (χ4n) is 0.807. The first-order valence-electron chi connectivity index (χ1n) is 3.92. The predicted molar refractivity (Wildman–Crippen MR) is 57.6 cm³/mol. The summed E-state index contributed by atoms with van der Waals surface area (Å²) < 4.78 is 0. The van der Waals surface area contributed by atoms with E-state index in [1.54, 1.807) is 18.2 Å². The maximum absolute atomic E-state index is 10.1. The van der Waals surface area contributed by atoms with Gasteiger partial charge in [0.15, 0.2) is 0 Å². The van der Waals surface area contributed by atoms with E-state index in [0.717, 1.165) is 0 Å². The van der Waals surface area contributed by atoms with Crippen LogP contribution in [0.1, 0.15) is 5.56 Å². The molecular formula is C9H7Cl2NO3. The molecule has 1 aromatic carbocycles. The maximum Gasteiger partial charge on any atom is 0.344 e. The van der Waals surface area contributed by atoms with Gasteiger partial charge in [-0.15, -0.1) is 0 Å². The normalized spacial score (nSPS) is 10.5. The Labute approximate surface area is 96.1 Å². The number of carboxylic acid groups (broad SMARTS) is 1. The van der Waals surface area contributed by atoms with Crippen molar-refractivity contribution in [3.05, 3.63) is 33.8 Å². The highest BCUT2D eigenvalue weighted by Gasteiger charge is 2.01. The summed E-state index contributed by atoms with van der Waals surface area (Å²) >= 11 is 11.6. The van der Waals surface area contributed by atoms with Crippen LogP contribution >= 0.6 is 23.2 Å². The lowest BCUT2D eigenvalue weighted by atomic mass is 10.2. The molecule has 0 saturated heterocycles. The molecule has 0 aliphatic carbocycles. The second-order valence-electron chi connectivity index (χ2n) is 2.54. The minimum atomic E-state index is -1.09. The van der Waals surface area contributed by atoms with Crippen molar-refractivity contribution in [2.45, 2.75) is 0 Å². The SMILES string of the molecule is O=C(O)CON=Cc1cccc(Cl)c1Cl. The smallest absolute Gasteiger partial charge is 0.344 e. The van der Waals surface area contributed by atoms with Crippen LogP contribution in [-0.2, 0) is 9.63 Å². The molecule has 0 bridgehead atoms. The second kappa shape index (κ2) is 5.58. The number of halogens is 2. The highest BCUT2D eigenvalue weighted by Crippen LogP contribution is 2.24. The summed E-state index contributed by atoms with van der Waals surface area (Å²) in [7, 11) is 0. The van der Waals surface area contributed by atoms with Crippen LogP contribution in [0.15, 0.2) is 23.4 Å². The van der Waals surface area contributed by atoms with Gasteiger partial charge < -0.3 is 9.94 Å². The van der Waals surface area contributed by atoms with Gasteiger partial charge in [0, 0.05) is 5.56 Å². The quantitative estimate of drug-likeness (QED) is 0.657. The molecule has 1 N–H and O–H groups in total. The van der Waals surface area contributed by atoms with Gasteiger partial charge in [-0.25, -0.2) is 4.79 Å². The van der Waals surface area contributed by atoms with Crippen molar-refractivity contribution in [2.75, 3.05) is 6.61 Å². The van der Waals surface area contributed by atoms with Crippen LogP contribution in [0.4, 0.5) is 0 Å². The van der Waals surface area contributed by atoms with Crippen molar-refractivity contribution < 1.29 is 14.7 Å². The summed E-state index contributed by atoms with van der Waals surface area (Å²) in [5.41, 5.74) is 0.564. The Morgan fingerprint density at radius 3 is 2.93 bits per heavy atom. The first kappa shape index (κ1) is 11.8. The summed E-state index contributed by atoms with van der Waals surface area (Å²) in [6.45, 7) is -0.491. The van der Waals surface area contributed by atoms with Crippen molar-refractivity contribution in [3.63, 3.8) is 0 Å². The molecule has 0 spiro atoms. The molecule has 1 rings (SSSR count). The number of hydrogen-bond donors (Lipinski definition) is 1. The van der Waals surface area contributed by atoms with Gasteiger partial charge in [-0.3, -0.25) is 0 Å². The standard InChI is InChI=1S/C9H7Cl2NO3/c10-7-3-1-2-6(9(7)11)4-12-15-5-8(13)14/h1-4H,5H2,(H,13,14). The molecule has 0 radical (unpaired) electrons. The number of hydrogen-bond acceptors (Lipinski definition) is 3. The van der Waals surface area contributed by atoms with E-state index in [1.807, 2.05) is 0 Å². The molecule has 0 amide bonds. The highest BCUT2D eigenvalue weighted by molar-refractivity contribution is 6.43. The number of carboxylic acids is 1. The molecule has 0 unspecified atom stereocenters. The average Bonchev–Trinajstić information content (AvgIpc) is 2.18. The van der Waals surface area contributed by atoms with E-state index in [0.29, 0.717) is 15.6 Å². The first-order chi connectivity index (χ1) is 7.11. The summed E-state index contributed by atoms with van der Waals surface area (Å²) in [4.78, 5) is 14.5. The lowest BCUT2D eigenvalue weighted by molar-refractivity contribution is -0.142. The second-order valence-corrected chi connectivity index (χ2v) is 3.33. The summed E-state index contributed by atoms with van der Waals surface area (Å²) in [5, 5.41) is 12.4. The topological polar surface area (TPSA) is 58.9 Å². The van der Waals surface area contributed by atoms with E-state index in [9.17, 15) is 4.79 Å². The zero-order chi connectivity index (χ0) is 11.3. The van der Waals surface area contributed by atoms with Crippen LogP contribution in [0.2, 0.25) is 10.0 Å². The van der Waals surface area contributed by atoms with Gasteiger partial charge in [0.2, 0.25) is 6.61 Å². The van der Waals surface area contributed by atoms with E-state index >= 15 is 0 Å². The fraction of sp³-hybridized carbons (Fsp3) is 0.111. The minimum Gasteiger partial charge on any atom is -0.479 e. The van der Waals surface area contributed by atoms with Crippen LogP contribution in [0.3, 0.4) is 0 Å². The molecule has 0 fully saturated rings. The molecule has 4 nitrogen and oxygen atoms in total. The third kappa shape index (κ3) is 3.77. The Bertz CT molecular complexity index is 393. The Morgan fingerprint density at radius 2 is 2.27 bits per heavy atom. The molecule has 6 heteroatoms. The summed E-state index contributed by atoms with van der Waals surface area (Å²) in [6, 6.07) is 5.02. The van der Waals surface area contributed by atoms with E-state index in [-0.39, 0.29) is 0 Å². The predicted octanol–water partition coefficient (Wildman–Crippen LogP) is 2.43. The minimum absolute atomic E-state index is 0.349. The Kier molecular flexibility index (Phi) is 4.39. The number of oxime groups is 1. The van der Waals surface area contributed by atoms with Gasteiger partial charge in [-0.1, -0.05) is 40.5 Å². The number of carbonyl (C=O) groups is 1. The van der Waals surface area contributed by atoms with Crippen LogP contribution in [0.25, 0.3) is 0 Å². The van der Waals surface area contributed by atoms with Crippen molar-refractivity contribution >= 4 is 35.4 Å². The summed E-state index contributed by atoms with van der Waals surface area (Å²) in [5.74, 6) is -1.09. The lowest BCUT2D eigenvalue weighted by Gasteiger charge is -1.99. The molecule has 0 saturated carbocycles. The van der Waals surface area contributed by atoms with Crippen molar-refractivity contribution in [2.24, 2.45) is 5.16 Å². The Balaban J connectivity index is 2.64. The van der Waals surface area contributed by atoms with Crippen molar-refractivity contribution in [3.8, 4) is 0 Å². The number of aliphatic carboxylic acids is 1. The lowest BCUT2D eigenvalue weighted by Crippen LogP contribution is -2.03. The van der Waals surface area contributed by atoms with Gasteiger partial charge >= 0.3 is 5.97 Å². The van der Waals surface area contributed by atoms with E-state index in [2.05, 4.69) is 9.99 Å². The first-order valence-corrected chi connectivity index (χ1v) is 4.68. The largest absolute Gasteiger partial charge is 0.479 e. The third-order valence-corrected chi connectivity index (χ3v) is 2.27. The van der Waals surface area contributed by atoms with Gasteiger partial charge in [0.25, 0.3) is 0 Å². The van der Waals surface area contributed by atoms with Gasteiger partial charge in [-0.05, 0) is 6.07 Å². The van der Waals surface area contributed by atoms with E-state index in [1.165, 1.54) is 6.21 Å². The number of benzene rings is 1. The zero-order valence-corrected chi connectivity index (χ0v) is 9.00. The maximum atomic E-state index is 10.1. The van der Waals surface area contributed by atoms with Crippen LogP contribution in [-0.4, -0.2) is 23.9 Å². The van der Waals surface area contributed by atoms with Gasteiger partial charge in [0.05, 0.1) is 16.3 Å². The van der Waals surface area contributed by atoms with E-state index in [4.69, 9.17) is 28.3 Å². The Hall–Kier alpha value is -1.26. The van der Waals surface area contributed by atoms with Crippen molar-refractivity contribution in [1.82, 2.24) is 0 Å². The Morgan fingerprint density at radius 1 is 1.53 bits per heavy atom. The molecule has 0 aliphatic rings. The molecule has 80 valence electrons. The van der Waals surface area contributed by atoms with Crippen molar-refractivity contribution in [1.29, 1.82) is 0 Å². The summed E-state index contributed by atoms with van der Waals surface area (Å²) in [6.07, 6.45) is 1.30. The van der Waals surface area contributed by atoms with Crippen LogP contribution in [0, 0.1) is 0 Å². The van der Waals surface area contributed by atoms with Gasteiger partial charge in [-0.2, -0.15) is 0 Å². The third-order valence-electron chi connectivity index (χ3n) is 1.44. The molecule has 15 heavy (non-hydrogen) atoms. The molecular weight excluding hydrogens is 241 g/mol. The number of nitrogens with zero attached hydrogens (tertiary/aromatic N) is 1. The fourth-order valence-corrected chi connectivity index (χ4v) is 1.16. The monoisotopic (exact) mass is 247 g/mol. The molecule has 0 atom stereocenters. The molecule has 0 aliphatic heterocycles.